The number of hydrogen-bond donors (Lipinski definition) is 0. The van der Waals surface area contributed by atoms with Gasteiger partial charge in [0.1, 0.15) is 0 Å². The van der Waals surface area contributed by atoms with Gasteiger partial charge < -0.3 is 0 Å². The van der Waals surface area contributed by atoms with Gasteiger partial charge in [-0.2, -0.15) is 0 Å². The van der Waals surface area contributed by atoms with E-state index in [0.29, 0.717) is 0 Å². The van der Waals surface area contributed by atoms with Gasteiger partial charge in [-0.25, -0.2) is 0 Å². The molecular weight excluding hydrogens is 144 g/mol. The minimum atomic E-state index is 0.0661. The van der Waals surface area contributed by atoms with E-state index in [1.165, 1.54) is 11.1 Å². The molecule has 2 rings (SSSR count). The van der Waals surface area contributed by atoms with Gasteiger partial charge in [-0.3, -0.25) is 0 Å². The van der Waals surface area contributed by atoms with E-state index < -0.39 is 0 Å². The Morgan fingerprint density at radius 2 is 1.83 bits per heavy atom. The Bertz CT molecular complexity index is 326. The van der Waals surface area contributed by atoms with Crippen molar-refractivity contribution in [2.75, 3.05) is 0 Å². The Hall–Kier alpha value is -1.30. The van der Waals surface area contributed by atoms with Gasteiger partial charge in [-0.05, 0) is 17.5 Å². The van der Waals surface area contributed by atoms with E-state index in [9.17, 15) is 0 Å². The van der Waals surface area contributed by atoms with E-state index in [2.05, 4.69) is 37.4 Å². The minimum Gasteiger partial charge on any atom is -0.102 e. The van der Waals surface area contributed by atoms with Gasteiger partial charge in [0.25, 0.3) is 0 Å². The molecule has 0 nitrogen and oxygen atoms in total. The van der Waals surface area contributed by atoms with Crippen LogP contribution in [0, 0.1) is 0 Å². The zero-order chi connectivity index (χ0) is 8.60. The number of allylic oxidation sites excluding steroid dienone is 2. The smallest absolute Gasteiger partial charge is 0.0350 e. The van der Waals surface area contributed by atoms with Gasteiger partial charge in [0.05, 0.1) is 0 Å². The third-order valence-corrected chi connectivity index (χ3v) is 2.73. The van der Waals surface area contributed by atoms with Crippen LogP contribution < -0.4 is 0 Å². The predicted octanol–water partition coefficient (Wildman–Crippen LogP) is 2.85. The third kappa shape index (κ3) is 0.724. The molecule has 1 aliphatic carbocycles. The van der Waals surface area contributed by atoms with E-state index in [-0.39, 0.29) is 5.41 Å². The molecule has 0 aromatic heterocycles. The molecule has 1 aliphatic rings. The van der Waals surface area contributed by atoms with Crippen molar-refractivity contribution >= 4 is 0 Å². The maximum Gasteiger partial charge on any atom is 0.0350 e. The lowest BCUT2D eigenvalue weighted by atomic mass is 9.64. The van der Waals surface area contributed by atoms with Crippen LogP contribution in [0.3, 0.4) is 0 Å². The molecule has 0 spiro atoms. The maximum absolute atomic E-state index is 3.85. The third-order valence-electron chi connectivity index (χ3n) is 2.73. The van der Waals surface area contributed by atoms with Crippen LogP contribution in [0.25, 0.3) is 0 Å². The molecule has 1 aromatic carbocycles. The van der Waals surface area contributed by atoms with Crippen molar-refractivity contribution in [1.82, 2.24) is 0 Å². The van der Waals surface area contributed by atoms with Crippen molar-refractivity contribution in [1.29, 1.82) is 0 Å². The molecule has 0 amide bonds. The molecule has 0 heteroatoms. The Morgan fingerprint density at radius 1 is 1.17 bits per heavy atom. The Kier molecular flexibility index (Phi) is 1.44. The molecule has 0 radical (unpaired) electrons. The summed E-state index contributed by atoms with van der Waals surface area (Å²) >= 11 is 0. The summed E-state index contributed by atoms with van der Waals surface area (Å²) in [6.07, 6.45) is 5.04. The van der Waals surface area contributed by atoms with Crippen LogP contribution in [0.4, 0.5) is 0 Å². The lowest BCUT2D eigenvalue weighted by molar-refractivity contribution is 0.583. The summed E-state index contributed by atoms with van der Waals surface area (Å²) in [5.74, 6) is 0. The molecule has 0 saturated heterocycles. The molecule has 0 bridgehead atoms. The fourth-order valence-electron chi connectivity index (χ4n) is 1.88. The maximum atomic E-state index is 3.85. The summed E-state index contributed by atoms with van der Waals surface area (Å²) in [6.45, 7) is 7.71. The molecule has 1 aromatic rings. The standard InChI is InChI=1S/C12H12/c1-3-12(4-2)9-10-7-5-6-8-11(10)12/h3-8H,1-2,9H2. The first-order valence-corrected chi connectivity index (χ1v) is 4.18. The highest BCUT2D eigenvalue weighted by atomic mass is 14.4. The Labute approximate surface area is 73.2 Å². The van der Waals surface area contributed by atoms with Crippen LogP contribution in [0.2, 0.25) is 0 Å². The monoisotopic (exact) mass is 156 g/mol. The first-order valence-electron chi connectivity index (χ1n) is 4.18. The molecular formula is C12H12. The first-order chi connectivity index (χ1) is 5.82. The quantitative estimate of drug-likeness (QED) is 0.577. The van der Waals surface area contributed by atoms with Crippen LogP contribution in [0.5, 0.6) is 0 Å². The lowest BCUT2D eigenvalue weighted by Crippen LogP contribution is -2.34. The average Bonchev–Trinajstić information content (AvgIpc) is 2.09. The van der Waals surface area contributed by atoms with Crippen molar-refractivity contribution in [3.8, 4) is 0 Å². The zero-order valence-corrected chi connectivity index (χ0v) is 7.09. The van der Waals surface area contributed by atoms with E-state index >= 15 is 0 Å². The summed E-state index contributed by atoms with van der Waals surface area (Å²) in [7, 11) is 0. The fraction of sp³-hybridized carbons (Fsp3) is 0.167. The summed E-state index contributed by atoms with van der Waals surface area (Å²) in [4.78, 5) is 0. The number of fused-ring (bicyclic) bond motifs is 1. The summed E-state index contributed by atoms with van der Waals surface area (Å²) in [6, 6.07) is 8.47. The lowest BCUT2D eigenvalue weighted by Gasteiger charge is -2.39. The van der Waals surface area contributed by atoms with Gasteiger partial charge in [-0.15, -0.1) is 13.2 Å². The van der Waals surface area contributed by atoms with Gasteiger partial charge in [0, 0.05) is 5.41 Å². The molecule has 60 valence electrons. The molecule has 0 atom stereocenters. The highest BCUT2D eigenvalue weighted by Gasteiger charge is 2.36. The number of rotatable bonds is 2. The van der Waals surface area contributed by atoms with Gasteiger partial charge in [-0.1, -0.05) is 36.4 Å². The zero-order valence-electron chi connectivity index (χ0n) is 7.09. The number of benzene rings is 1. The molecule has 0 unspecified atom stereocenters. The van der Waals surface area contributed by atoms with E-state index in [1.54, 1.807) is 0 Å². The van der Waals surface area contributed by atoms with Crippen molar-refractivity contribution in [3.05, 3.63) is 60.7 Å². The molecule has 0 fully saturated rings. The van der Waals surface area contributed by atoms with Crippen molar-refractivity contribution < 1.29 is 0 Å². The largest absolute Gasteiger partial charge is 0.102 e. The van der Waals surface area contributed by atoms with Crippen molar-refractivity contribution in [3.63, 3.8) is 0 Å². The van der Waals surface area contributed by atoms with Crippen LogP contribution in [-0.2, 0) is 11.8 Å². The van der Waals surface area contributed by atoms with Crippen molar-refractivity contribution in [2.24, 2.45) is 0 Å². The van der Waals surface area contributed by atoms with E-state index in [1.807, 2.05) is 12.2 Å². The van der Waals surface area contributed by atoms with Crippen LogP contribution in [0.1, 0.15) is 11.1 Å². The number of hydrogen-bond acceptors (Lipinski definition) is 0. The molecule has 0 aliphatic heterocycles. The normalized spacial score (nSPS) is 17.3. The summed E-state index contributed by atoms with van der Waals surface area (Å²) in [5, 5.41) is 0. The predicted molar refractivity (Wildman–Crippen MR) is 52.2 cm³/mol. The fourth-order valence-corrected chi connectivity index (χ4v) is 1.88. The summed E-state index contributed by atoms with van der Waals surface area (Å²) in [5.41, 5.74) is 2.86. The SMILES string of the molecule is C=CC1(C=C)Cc2ccccc21. The molecule has 0 saturated carbocycles. The minimum absolute atomic E-state index is 0.0661. The second kappa shape index (κ2) is 2.34. The van der Waals surface area contributed by atoms with E-state index in [4.69, 9.17) is 0 Å². The molecule has 0 N–H and O–H groups in total. The van der Waals surface area contributed by atoms with E-state index in [0.717, 1.165) is 6.42 Å². The molecule has 0 heterocycles. The highest BCUT2D eigenvalue weighted by Crippen LogP contribution is 2.42. The average molecular weight is 156 g/mol. The first kappa shape index (κ1) is 7.35. The Balaban J connectivity index is 2.53. The highest BCUT2D eigenvalue weighted by molar-refractivity contribution is 5.52. The summed E-state index contributed by atoms with van der Waals surface area (Å²) < 4.78 is 0. The van der Waals surface area contributed by atoms with Gasteiger partial charge >= 0.3 is 0 Å². The van der Waals surface area contributed by atoms with Crippen LogP contribution in [-0.4, -0.2) is 0 Å². The second-order valence-electron chi connectivity index (χ2n) is 3.28. The van der Waals surface area contributed by atoms with Crippen LogP contribution >= 0.6 is 0 Å². The second-order valence-corrected chi connectivity index (χ2v) is 3.28. The topological polar surface area (TPSA) is 0 Å². The van der Waals surface area contributed by atoms with Gasteiger partial charge in [0.2, 0.25) is 0 Å². The van der Waals surface area contributed by atoms with Gasteiger partial charge in [0.15, 0.2) is 0 Å². The molecule has 12 heavy (non-hydrogen) atoms. The Morgan fingerprint density at radius 3 is 2.42 bits per heavy atom. The van der Waals surface area contributed by atoms with Crippen molar-refractivity contribution in [2.45, 2.75) is 11.8 Å². The van der Waals surface area contributed by atoms with Crippen LogP contribution in [0.15, 0.2) is 49.6 Å².